The zero-order valence-corrected chi connectivity index (χ0v) is 8.21. The first-order chi connectivity index (χ1) is 5.12. The second-order valence-corrected chi connectivity index (χ2v) is 4.88. The molecule has 1 N–H and O–H groups in total. The number of hydrogen-bond acceptors (Lipinski definition) is 3. The van der Waals surface area contributed by atoms with Gasteiger partial charge < -0.3 is 5.32 Å². The quantitative estimate of drug-likeness (QED) is 0.493. The van der Waals surface area contributed by atoms with Crippen molar-refractivity contribution in [1.82, 2.24) is 5.32 Å². The van der Waals surface area contributed by atoms with Crippen molar-refractivity contribution in [2.45, 2.75) is 6.92 Å². The Labute approximate surface area is 73.0 Å². The van der Waals surface area contributed by atoms with Gasteiger partial charge in [-0.05, 0) is 6.54 Å². The minimum atomic E-state index is -2.90. The summed E-state index contributed by atoms with van der Waals surface area (Å²) in [5, 5.41) is 2.94. The van der Waals surface area contributed by atoms with Gasteiger partial charge in [0, 0.05) is 12.4 Å². The molecule has 11 heavy (non-hydrogen) atoms. The van der Waals surface area contributed by atoms with Crippen LogP contribution in [0.1, 0.15) is 6.92 Å². The lowest BCUT2D eigenvalue weighted by Crippen LogP contribution is -2.24. The highest BCUT2D eigenvalue weighted by molar-refractivity contribution is 7.91. The summed E-state index contributed by atoms with van der Waals surface area (Å²) in [5.41, 5.74) is 0. The largest absolute Gasteiger partial charge is 0.316 e. The van der Waals surface area contributed by atoms with Crippen LogP contribution in [0.3, 0.4) is 0 Å². The minimum absolute atomic E-state index is 0.0833. The monoisotopic (exact) mass is 199 g/mol. The first kappa shape index (κ1) is 11.2. The van der Waals surface area contributed by atoms with E-state index in [0.717, 1.165) is 6.54 Å². The van der Waals surface area contributed by atoms with E-state index in [1.165, 1.54) is 0 Å². The van der Waals surface area contributed by atoms with E-state index in [0.29, 0.717) is 6.54 Å². The van der Waals surface area contributed by atoms with Crippen molar-refractivity contribution in [3.05, 3.63) is 0 Å². The van der Waals surface area contributed by atoms with Crippen molar-refractivity contribution in [3.63, 3.8) is 0 Å². The lowest BCUT2D eigenvalue weighted by Gasteiger charge is -2.01. The molecule has 0 unspecified atom stereocenters. The number of nitrogens with one attached hydrogen (secondary N) is 1. The maximum Gasteiger partial charge on any atom is 0.152 e. The van der Waals surface area contributed by atoms with Crippen LogP contribution in [-0.2, 0) is 9.84 Å². The third-order valence-electron chi connectivity index (χ3n) is 1.23. The summed E-state index contributed by atoms with van der Waals surface area (Å²) in [6.45, 7) is 3.26. The molecule has 0 radical (unpaired) electrons. The molecular weight excluding hydrogens is 186 g/mol. The predicted octanol–water partition coefficient (Wildman–Crippen LogP) is 0.250. The number of rotatable bonds is 6. The zero-order valence-electron chi connectivity index (χ0n) is 6.64. The van der Waals surface area contributed by atoms with Gasteiger partial charge in [0.05, 0.1) is 11.5 Å². The predicted molar refractivity (Wildman–Crippen MR) is 47.9 cm³/mol. The minimum Gasteiger partial charge on any atom is -0.316 e. The smallest absolute Gasteiger partial charge is 0.152 e. The van der Waals surface area contributed by atoms with E-state index in [1.54, 1.807) is 0 Å². The van der Waals surface area contributed by atoms with Crippen molar-refractivity contribution in [3.8, 4) is 0 Å². The van der Waals surface area contributed by atoms with Gasteiger partial charge in [-0.15, -0.1) is 11.6 Å². The Hall–Kier alpha value is 0.200. The van der Waals surface area contributed by atoms with E-state index in [4.69, 9.17) is 11.6 Å². The Balaban J connectivity index is 3.56. The molecule has 0 saturated carbocycles. The van der Waals surface area contributed by atoms with Gasteiger partial charge in [0.25, 0.3) is 0 Å². The highest BCUT2D eigenvalue weighted by Gasteiger charge is 2.07. The lowest BCUT2D eigenvalue weighted by atomic mass is 10.7. The summed E-state index contributed by atoms with van der Waals surface area (Å²) in [4.78, 5) is 0. The van der Waals surface area contributed by atoms with Crippen LogP contribution in [0, 0.1) is 0 Å². The molecule has 5 heteroatoms. The molecule has 0 aromatic heterocycles. The van der Waals surface area contributed by atoms with Gasteiger partial charge in [0.2, 0.25) is 0 Å². The van der Waals surface area contributed by atoms with Crippen LogP contribution in [0.15, 0.2) is 0 Å². The lowest BCUT2D eigenvalue weighted by molar-refractivity contribution is 0.593. The molecule has 3 nitrogen and oxygen atoms in total. The molecule has 0 atom stereocenters. The summed E-state index contributed by atoms with van der Waals surface area (Å²) in [5.74, 6) is 0.460. The van der Waals surface area contributed by atoms with Crippen LogP contribution in [-0.4, -0.2) is 38.9 Å². The van der Waals surface area contributed by atoms with Gasteiger partial charge in [-0.1, -0.05) is 6.92 Å². The first-order valence-electron chi connectivity index (χ1n) is 3.59. The van der Waals surface area contributed by atoms with E-state index in [-0.39, 0.29) is 17.4 Å². The Bertz CT molecular complexity index is 179. The molecule has 0 aliphatic heterocycles. The molecule has 0 spiro atoms. The molecule has 0 aliphatic rings. The van der Waals surface area contributed by atoms with Crippen molar-refractivity contribution < 1.29 is 8.42 Å². The van der Waals surface area contributed by atoms with E-state index in [9.17, 15) is 8.42 Å². The Morgan fingerprint density at radius 1 is 1.36 bits per heavy atom. The first-order valence-corrected chi connectivity index (χ1v) is 5.95. The van der Waals surface area contributed by atoms with E-state index in [1.807, 2.05) is 6.92 Å². The summed E-state index contributed by atoms with van der Waals surface area (Å²) in [7, 11) is -2.90. The molecule has 0 fully saturated rings. The standard InChI is InChI=1S/C6H14ClNO2S/c1-2-8-4-6-11(9,10)5-3-7/h8H,2-6H2,1H3. The highest BCUT2D eigenvalue weighted by Crippen LogP contribution is 1.90. The molecule has 0 aliphatic carbocycles. The third-order valence-corrected chi connectivity index (χ3v) is 3.29. The van der Waals surface area contributed by atoms with Crippen LogP contribution in [0.2, 0.25) is 0 Å². The molecule has 68 valence electrons. The van der Waals surface area contributed by atoms with Gasteiger partial charge >= 0.3 is 0 Å². The number of hydrogen-bond donors (Lipinski definition) is 1. The fourth-order valence-electron chi connectivity index (χ4n) is 0.624. The van der Waals surface area contributed by atoms with Crippen LogP contribution < -0.4 is 5.32 Å². The second kappa shape index (κ2) is 5.80. The van der Waals surface area contributed by atoms with E-state index in [2.05, 4.69) is 5.32 Å². The molecular formula is C6H14ClNO2S. The average Bonchev–Trinajstić information content (AvgIpc) is 1.87. The fourth-order valence-corrected chi connectivity index (χ4v) is 2.22. The summed E-state index contributed by atoms with van der Waals surface area (Å²) < 4.78 is 22.0. The van der Waals surface area contributed by atoms with Crippen LogP contribution in [0.5, 0.6) is 0 Å². The molecule has 0 amide bonds. The average molecular weight is 200 g/mol. The summed E-state index contributed by atoms with van der Waals surface area (Å²) >= 11 is 5.30. The Morgan fingerprint density at radius 3 is 2.45 bits per heavy atom. The Morgan fingerprint density at radius 2 is 2.00 bits per heavy atom. The molecule has 0 aromatic rings. The topological polar surface area (TPSA) is 46.2 Å². The molecule has 0 bridgehead atoms. The molecule has 0 aromatic carbocycles. The van der Waals surface area contributed by atoms with Crippen molar-refractivity contribution in [2.24, 2.45) is 0 Å². The summed E-state index contributed by atoms with van der Waals surface area (Å²) in [6, 6.07) is 0. The van der Waals surface area contributed by atoms with Gasteiger partial charge in [-0.25, -0.2) is 8.42 Å². The Kier molecular flexibility index (Phi) is 5.91. The van der Waals surface area contributed by atoms with Crippen LogP contribution >= 0.6 is 11.6 Å². The number of alkyl halides is 1. The van der Waals surface area contributed by atoms with Crippen LogP contribution in [0.4, 0.5) is 0 Å². The number of halogens is 1. The van der Waals surface area contributed by atoms with Crippen molar-refractivity contribution in [2.75, 3.05) is 30.5 Å². The summed E-state index contributed by atoms with van der Waals surface area (Å²) in [6.07, 6.45) is 0. The van der Waals surface area contributed by atoms with Gasteiger partial charge in [-0.2, -0.15) is 0 Å². The molecule has 0 rings (SSSR count). The van der Waals surface area contributed by atoms with E-state index >= 15 is 0 Å². The number of sulfone groups is 1. The molecule has 0 heterocycles. The SMILES string of the molecule is CCNCCS(=O)(=O)CCCl. The van der Waals surface area contributed by atoms with E-state index < -0.39 is 9.84 Å². The van der Waals surface area contributed by atoms with Gasteiger partial charge in [-0.3, -0.25) is 0 Å². The van der Waals surface area contributed by atoms with Crippen molar-refractivity contribution >= 4 is 21.4 Å². The van der Waals surface area contributed by atoms with Crippen LogP contribution in [0.25, 0.3) is 0 Å². The highest BCUT2D eigenvalue weighted by atomic mass is 35.5. The van der Waals surface area contributed by atoms with Gasteiger partial charge in [0.15, 0.2) is 9.84 Å². The van der Waals surface area contributed by atoms with Gasteiger partial charge in [0.1, 0.15) is 0 Å². The maximum absolute atomic E-state index is 11.0. The van der Waals surface area contributed by atoms with Crippen molar-refractivity contribution in [1.29, 1.82) is 0 Å². The normalized spacial score (nSPS) is 11.8. The maximum atomic E-state index is 11.0. The third kappa shape index (κ3) is 6.59. The fraction of sp³-hybridized carbons (Fsp3) is 1.00. The molecule has 0 saturated heterocycles. The second-order valence-electron chi connectivity index (χ2n) is 2.19. The zero-order chi connectivity index (χ0) is 8.74.